The molecule has 0 saturated carbocycles. The highest BCUT2D eigenvalue weighted by Gasteiger charge is 2.13. The summed E-state index contributed by atoms with van der Waals surface area (Å²) in [6, 6.07) is 6.42. The van der Waals surface area contributed by atoms with Crippen LogP contribution in [0.3, 0.4) is 0 Å². The van der Waals surface area contributed by atoms with Crippen LogP contribution in [-0.2, 0) is 4.79 Å². The number of amides is 1. The Morgan fingerprint density at radius 2 is 2.00 bits per heavy atom. The monoisotopic (exact) mass is 222 g/mol. The third-order valence-electron chi connectivity index (χ3n) is 2.57. The molecule has 16 heavy (non-hydrogen) atoms. The van der Waals surface area contributed by atoms with Gasteiger partial charge in [0.15, 0.2) is 0 Å². The van der Waals surface area contributed by atoms with Crippen LogP contribution in [0.1, 0.15) is 19.8 Å². The number of nitrogens with two attached hydrogens (primary N) is 1. The number of carbonyl (C=O) groups is 1. The molecule has 1 atom stereocenters. The minimum atomic E-state index is -0.0907. The molecule has 4 nitrogen and oxygen atoms in total. The maximum Gasteiger partial charge on any atom is 0.228 e. The molecule has 0 radical (unpaired) electrons. The van der Waals surface area contributed by atoms with Crippen LogP contribution in [0.2, 0.25) is 0 Å². The fourth-order valence-electron chi connectivity index (χ4n) is 1.33. The normalized spacial score (nSPS) is 12.2. The van der Waals surface area contributed by atoms with Gasteiger partial charge in [0.25, 0.3) is 0 Å². The fourth-order valence-corrected chi connectivity index (χ4v) is 1.33. The quantitative estimate of drug-likeness (QED) is 0.811. The summed E-state index contributed by atoms with van der Waals surface area (Å²) in [5.74, 6) is 0.176. The van der Waals surface area contributed by atoms with Crippen molar-refractivity contribution in [1.29, 1.82) is 0 Å². The third-order valence-corrected chi connectivity index (χ3v) is 2.57. The van der Waals surface area contributed by atoms with Crippen LogP contribution in [0, 0.1) is 0 Å². The van der Waals surface area contributed by atoms with E-state index in [1.54, 1.807) is 36.2 Å². The van der Waals surface area contributed by atoms with Crippen molar-refractivity contribution in [2.45, 2.75) is 25.8 Å². The van der Waals surface area contributed by atoms with Gasteiger partial charge < -0.3 is 15.7 Å². The minimum Gasteiger partial charge on any atom is -0.508 e. The number of phenols is 1. The van der Waals surface area contributed by atoms with Crippen molar-refractivity contribution >= 4 is 11.6 Å². The highest BCUT2D eigenvalue weighted by Crippen LogP contribution is 2.18. The lowest BCUT2D eigenvalue weighted by Gasteiger charge is -2.19. The molecule has 1 unspecified atom stereocenters. The molecule has 1 aromatic rings. The summed E-state index contributed by atoms with van der Waals surface area (Å²) in [6.45, 7) is 1.96. The second-order valence-electron chi connectivity index (χ2n) is 3.84. The van der Waals surface area contributed by atoms with Gasteiger partial charge in [-0.3, -0.25) is 4.79 Å². The average molecular weight is 222 g/mol. The Labute approximate surface area is 95.7 Å². The number of hydrogen-bond acceptors (Lipinski definition) is 3. The molecule has 1 rings (SSSR count). The van der Waals surface area contributed by atoms with Crippen molar-refractivity contribution in [3.63, 3.8) is 0 Å². The number of benzene rings is 1. The Kier molecular flexibility index (Phi) is 4.31. The molecule has 0 aliphatic carbocycles. The second-order valence-corrected chi connectivity index (χ2v) is 3.84. The van der Waals surface area contributed by atoms with Crippen molar-refractivity contribution in [3.05, 3.63) is 24.3 Å². The first-order valence-electron chi connectivity index (χ1n) is 5.35. The first-order valence-corrected chi connectivity index (χ1v) is 5.35. The van der Waals surface area contributed by atoms with Crippen LogP contribution in [-0.4, -0.2) is 24.1 Å². The summed E-state index contributed by atoms with van der Waals surface area (Å²) in [5, 5.41) is 9.14. The lowest BCUT2D eigenvalue weighted by molar-refractivity contribution is -0.118. The van der Waals surface area contributed by atoms with Gasteiger partial charge >= 0.3 is 0 Å². The van der Waals surface area contributed by atoms with Gasteiger partial charge in [-0.25, -0.2) is 0 Å². The number of anilines is 1. The summed E-state index contributed by atoms with van der Waals surface area (Å²) in [7, 11) is 1.71. The van der Waals surface area contributed by atoms with E-state index in [9.17, 15) is 4.79 Å². The lowest BCUT2D eigenvalue weighted by atomic mass is 10.1. The predicted molar refractivity (Wildman–Crippen MR) is 64.4 cm³/mol. The predicted octanol–water partition coefficient (Wildman–Crippen LogP) is 1.48. The SMILES string of the molecule is CCC(N)CC(=O)N(C)c1ccc(O)cc1. The van der Waals surface area contributed by atoms with Gasteiger partial charge in [-0.05, 0) is 30.7 Å². The molecular formula is C12H18N2O2. The van der Waals surface area contributed by atoms with Gasteiger partial charge in [0.1, 0.15) is 5.75 Å². The zero-order valence-electron chi connectivity index (χ0n) is 9.68. The number of phenolic OH excluding ortho intramolecular Hbond substituents is 1. The molecule has 0 fully saturated rings. The molecule has 3 N–H and O–H groups in total. The highest BCUT2D eigenvalue weighted by atomic mass is 16.3. The Balaban J connectivity index is 2.66. The van der Waals surface area contributed by atoms with Gasteiger partial charge in [0.05, 0.1) is 0 Å². The first-order chi connectivity index (χ1) is 7.54. The van der Waals surface area contributed by atoms with Gasteiger partial charge in [0, 0.05) is 25.2 Å². The topological polar surface area (TPSA) is 66.6 Å². The molecule has 0 heterocycles. The van der Waals surface area contributed by atoms with Crippen LogP contribution in [0.5, 0.6) is 5.75 Å². The number of carbonyl (C=O) groups excluding carboxylic acids is 1. The molecule has 4 heteroatoms. The Bertz CT molecular complexity index is 349. The maximum atomic E-state index is 11.8. The van der Waals surface area contributed by atoms with E-state index in [4.69, 9.17) is 10.8 Å². The molecule has 0 spiro atoms. The van der Waals surface area contributed by atoms with Crippen molar-refractivity contribution in [2.24, 2.45) is 5.73 Å². The molecule has 88 valence electrons. The molecule has 1 amide bonds. The van der Waals surface area contributed by atoms with E-state index >= 15 is 0 Å². The van der Waals surface area contributed by atoms with Crippen molar-refractivity contribution in [2.75, 3.05) is 11.9 Å². The average Bonchev–Trinajstić information content (AvgIpc) is 2.28. The van der Waals surface area contributed by atoms with E-state index in [1.807, 2.05) is 6.92 Å². The summed E-state index contributed by atoms with van der Waals surface area (Å²) in [4.78, 5) is 13.3. The minimum absolute atomic E-state index is 0.0139. The summed E-state index contributed by atoms with van der Waals surface area (Å²) < 4.78 is 0. The van der Waals surface area contributed by atoms with Gasteiger partial charge in [-0.15, -0.1) is 0 Å². The molecule has 0 bridgehead atoms. The Hall–Kier alpha value is -1.55. The zero-order valence-corrected chi connectivity index (χ0v) is 9.68. The lowest BCUT2D eigenvalue weighted by Crippen LogP contribution is -2.32. The smallest absolute Gasteiger partial charge is 0.228 e. The van der Waals surface area contributed by atoms with Crippen LogP contribution in [0.15, 0.2) is 24.3 Å². The summed E-state index contributed by atoms with van der Waals surface area (Å²) in [5.41, 5.74) is 6.48. The van der Waals surface area contributed by atoms with Crippen LogP contribution < -0.4 is 10.6 Å². The second kappa shape index (κ2) is 5.51. The number of nitrogens with zero attached hydrogens (tertiary/aromatic N) is 1. The highest BCUT2D eigenvalue weighted by molar-refractivity contribution is 5.93. The van der Waals surface area contributed by atoms with Gasteiger partial charge in [-0.1, -0.05) is 6.92 Å². The van der Waals surface area contributed by atoms with E-state index in [0.717, 1.165) is 12.1 Å². The summed E-state index contributed by atoms with van der Waals surface area (Å²) in [6.07, 6.45) is 1.13. The van der Waals surface area contributed by atoms with Crippen LogP contribution in [0.25, 0.3) is 0 Å². The van der Waals surface area contributed by atoms with E-state index in [2.05, 4.69) is 0 Å². The Morgan fingerprint density at radius 3 is 2.50 bits per heavy atom. The van der Waals surface area contributed by atoms with E-state index in [1.165, 1.54) is 0 Å². The molecule has 0 aliphatic heterocycles. The van der Waals surface area contributed by atoms with Crippen LogP contribution >= 0.6 is 0 Å². The summed E-state index contributed by atoms with van der Waals surface area (Å²) >= 11 is 0. The van der Waals surface area contributed by atoms with Gasteiger partial charge in [0.2, 0.25) is 5.91 Å². The van der Waals surface area contributed by atoms with Crippen molar-refractivity contribution in [1.82, 2.24) is 0 Å². The van der Waals surface area contributed by atoms with E-state index in [-0.39, 0.29) is 17.7 Å². The van der Waals surface area contributed by atoms with Crippen molar-refractivity contribution < 1.29 is 9.90 Å². The number of rotatable bonds is 4. The first kappa shape index (κ1) is 12.5. The third kappa shape index (κ3) is 3.24. The van der Waals surface area contributed by atoms with E-state index in [0.29, 0.717) is 6.42 Å². The zero-order chi connectivity index (χ0) is 12.1. The number of hydrogen-bond donors (Lipinski definition) is 2. The van der Waals surface area contributed by atoms with Crippen LogP contribution in [0.4, 0.5) is 5.69 Å². The maximum absolute atomic E-state index is 11.8. The molecule has 0 saturated heterocycles. The van der Waals surface area contributed by atoms with Gasteiger partial charge in [-0.2, -0.15) is 0 Å². The Morgan fingerprint density at radius 1 is 1.44 bits per heavy atom. The molecule has 0 aliphatic rings. The largest absolute Gasteiger partial charge is 0.508 e. The number of aromatic hydroxyl groups is 1. The molecule has 1 aromatic carbocycles. The standard InChI is InChI=1S/C12H18N2O2/c1-3-9(13)8-12(16)14(2)10-4-6-11(15)7-5-10/h4-7,9,15H,3,8,13H2,1-2H3. The fraction of sp³-hybridized carbons (Fsp3) is 0.417. The molecule has 0 aromatic heterocycles. The van der Waals surface area contributed by atoms with Crippen molar-refractivity contribution in [3.8, 4) is 5.75 Å². The molecular weight excluding hydrogens is 204 g/mol. The van der Waals surface area contributed by atoms with E-state index < -0.39 is 0 Å².